The van der Waals surface area contributed by atoms with Crippen molar-refractivity contribution in [1.82, 2.24) is 5.32 Å². The van der Waals surface area contributed by atoms with Crippen molar-refractivity contribution in [3.05, 3.63) is 23.2 Å². The van der Waals surface area contributed by atoms with E-state index < -0.39 is 0 Å². The van der Waals surface area contributed by atoms with Gasteiger partial charge in [0.25, 0.3) is 0 Å². The number of para-hydroxylation sites is 1. The van der Waals surface area contributed by atoms with Gasteiger partial charge in [0, 0.05) is 19.1 Å². The van der Waals surface area contributed by atoms with Crippen LogP contribution in [0.4, 0.5) is 11.4 Å². The Bertz CT molecular complexity index is 555. The van der Waals surface area contributed by atoms with E-state index in [-0.39, 0.29) is 12.5 Å². The number of nitrogens with zero attached hydrogens (tertiary/aromatic N) is 1. The van der Waals surface area contributed by atoms with Gasteiger partial charge in [-0.3, -0.25) is 4.79 Å². The lowest BCUT2D eigenvalue weighted by atomic mass is 9.95. The second-order valence-corrected chi connectivity index (χ2v) is 6.90. The molecule has 1 aliphatic heterocycles. The summed E-state index contributed by atoms with van der Waals surface area (Å²) in [4.78, 5) is 14.4. The highest BCUT2D eigenvalue weighted by Crippen LogP contribution is 2.34. The van der Waals surface area contributed by atoms with E-state index in [1.807, 2.05) is 18.2 Å². The van der Waals surface area contributed by atoms with Gasteiger partial charge in [0.1, 0.15) is 0 Å². The summed E-state index contributed by atoms with van der Waals surface area (Å²) in [5.41, 5.74) is 1.87. The number of ether oxygens (including phenoxy) is 1. The zero-order valence-electron chi connectivity index (χ0n) is 14.0. The van der Waals surface area contributed by atoms with Gasteiger partial charge < -0.3 is 20.3 Å². The van der Waals surface area contributed by atoms with Crippen molar-refractivity contribution < 1.29 is 9.53 Å². The Morgan fingerprint density at radius 1 is 1.21 bits per heavy atom. The van der Waals surface area contributed by atoms with E-state index in [0.717, 1.165) is 37.3 Å². The smallest absolute Gasteiger partial charge is 0.239 e. The van der Waals surface area contributed by atoms with Crippen LogP contribution in [0.3, 0.4) is 0 Å². The van der Waals surface area contributed by atoms with Gasteiger partial charge in [-0.1, -0.05) is 36.9 Å². The largest absolute Gasteiger partial charge is 0.378 e. The Balaban J connectivity index is 1.59. The van der Waals surface area contributed by atoms with Crippen molar-refractivity contribution >= 4 is 28.9 Å². The number of hydrogen-bond acceptors (Lipinski definition) is 4. The van der Waals surface area contributed by atoms with Crippen molar-refractivity contribution in [2.75, 3.05) is 43.1 Å². The van der Waals surface area contributed by atoms with Crippen molar-refractivity contribution in [3.63, 3.8) is 0 Å². The minimum atomic E-state index is 0.0507. The standard InChI is InChI=1S/C18H26ClN3O2/c19-15-7-4-8-16(18(15)22-9-11-24-12-10-22)20-13-17(23)21-14-5-2-1-3-6-14/h4,7-8,14,20H,1-3,5-6,9-13H2,(H,21,23). The molecule has 1 saturated heterocycles. The van der Waals surface area contributed by atoms with Crippen molar-refractivity contribution in [2.45, 2.75) is 38.1 Å². The zero-order valence-corrected chi connectivity index (χ0v) is 14.8. The van der Waals surface area contributed by atoms with Crippen LogP contribution < -0.4 is 15.5 Å². The summed E-state index contributed by atoms with van der Waals surface area (Å²) >= 11 is 6.41. The van der Waals surface area contributed by atoms with Crippen LogP contribution in [0.2, 0.25) is 5.02 Å². The second-order valence-electron chi connectivity index (χ2n) is 6.49. The van der Waals surface area contributed by atoms with Crippen LogP contribution in [0.15, 0.2) is 18.2 Å². The molecular formula is C18H26ClN3O2. The van der Waals surface area contributed by atoms with Gasteiger partial charge in [0.15, 0.2) is 0 Å². The number of anilines is 2. The molecule has 0 spiro atoms. The number of rotatable bonds is 5. The van der Waals surface area contributed by atoms with E-state index >= 15 is 0 Å². The molecule has 1 aromatic rings. The first-order valence-corrected chi connectivity index (χ1v) is 9.26. The lowest BCUT2D eigenvalue weighted by molar-refractivity contribution is -0.120. The highest BCUT2D eigenvalue weighted by Gasteiger charge is 2.19. The zero-order chi connectivity index (χ0) is 16.8. The normalized spacial score (nSPS) is 19.1. The Labute approximate surface area is 148 Å². The molecule has 5 nitrogen and oxygen atoms in total. The molecule has 0 unspecified atom stereocenters. The van der Waals surface area contributed by atoms with Gasteiger partial charge in [0.2, 0.25) is 5.91 Å². The van der Waals surface area contributed by atoms with Crippen LogP contribution in [-0.4, -0.2) is 44.8 Å². The molecule has 6 heteroatoms. The molecule has 1 aromatic carbocycles. The Morgan fingerprint density at radius 3 is 2.71 bits per heavy atom. The fourth-order valence-corrected chi connectivity index (χ4v) is 3.76. The van der Waals surface area contributed by atoms with Gasteiger partial charge in [-0.2, -0.15) is 0 Å². The number of morpholine rings is 1. The molecule has 1 aliphatic carbocycles. The molecule has 132 valence electrons. The summed E-state index contributed by atoms with van der Waals surface area (Å²) in [6.07, 6.45) is 5.92. The van der Waals surface area contributed by atoms with Crippen LogP contribution in [0.25, 0.3) is 0 Å². The summed E-state index contributed by atoms with van der Waals surface area (Å²) < 4.78 is 5.41. The van der Waals surface area contributed by atoms with Crippen molar-refractivity contribution in [1.29, 1.82) is 0 Å². The predicted molar refractivity (Wildman–Crippen MR) is 98.0 cm³/mol. The number of nitrogens with one attached hydrogen (secondary N) is 2. The number of carbonyl (C=O) groups is 1. The first kappa shape index (κ1) is 17.4. The number of hydrogen-bond donors (Lipinski definition) is 2. The molecule has 1 saturated carbocycles. The lowest BCUT2D eigenvalue weighted by Crippen LogP contribution is -2.40. The topological polar surface area (TPSA) is 53.6 Å². The van der Waals surface area contributed by atoms with Crippen molar-refractivity contribution in [2.24, 2.45) is 0 Å². The van der Waals surface area contributed by atoms with E-state index in [1.54, 1.807) is 0 Å². The van der Waals surface area contributed by atoms with Crippen LogP contribution in [0.5, 0.6) is 0 Å². The average molecular weight is 352 g/mol. The van der Waals surface area contributed by atoms with Gasteiger partial charge >= 0.3 is 0 Å². The summed E-state index contributed by atoms with van der Waals surface area (Å²) in [5.74, 6) is 0.0507. The number of carbonyl (C=O) groups excluding carboxylic acids is 1. The van der Waals surface area contributed by atoms with Crippen LogP contribution in [0, 0.1) is 0 Å². The number of halogens is 1. The first-order chi connectivity index (χ1) is 11.7. The monoisotopic (exact) mass is 351 g/mol. The Kier molecular flexibility index (Phi) is 6.21. The molecule has 2 aliphatic rings. The highest BCUT2D eigenvalue weighted by molar-refractivity contribution is 6.34. The minimum absolute atomic E-state index is 0.0507. The van der Waals surface area contributed by atoms with Gasteiger partial charge in [0.05, 0.1) is 36.2 Å². The molecule has 2 N–H and O–H groups in total. The van der Waals surface area contributed by atoms with E-state index in [0.29, 0.717) is 24.3 Å². The third-order valence-electron chi connectivity index (χ3n) is 4.72. The third kappa shape index (κ3) is 4.54. The van der Waals surface area contributed by atoms with Gasteiger partial charge in [-0.25, -0.2) is 0 Å². The van der Waals surface area contributed by atoms with Crippen LogP contribution >= 0.6 is 11.6 Å². The predicted octanol–water partition coefficient (Wildman–Crippen LogP) is 3.04. The maximum atomic E-state index is 12.2. The molecule has 0 bridgehead atoms. The minimum Gasteiger partial charge on any atom is -0.378 e. The van der Waals surface area contributed by atoms with E-state index in [2.05, 4.69) is 15.5 Å². The SMILES string of the molecule is O=C(CNc1cccc(Cl)c1N1CCOCC1)NC1CCCCC1. The molecular weight excluding hydrogens is 326 g/mol. The maximum Gasteiger partial charge on any atom is 0.239 e. The van der Waals surface area contributed by atoms with Crippen molar-refractivity contribution in [3.8, 4) is 0 Å². The molecule has 1 amide bonds. The quantitative estimate of drug-likeness (QED) is 0.856. The summed E-state index contributed by atoms with van der Waals surface area (Å²) in [5, 5.41) is 7.10. The number of benzene rings is 1. The van der Waals surface area contributed by atoms with Crippen LogP contribution in [0.1, 0.15) is 32.1 Å². The van der Waals surface area contributed by atoms with Gasteiger partial charge in [-0.15, -0.1) is 0 Å². The van der Waals surface area contributed by atoms with E-state index in [9.17, 15) is 4.79 Å². The summed E-state index contributed by atoms with van der Waals surface area (Å²) in [6.45, 7) is 3.30. The van der Waals surface area contributed by atoms with Gasteiger partial charge in [-0.05, 0) is 25.0 Å². The summed E-state index contributed by atoms with van der Waals surface area (Å²) in [7, 11) is 0. The third-order valence-corrected chi connectivity index (χ3v) is 5.03. The molecule has 0 radical (unpaired) electrons. The fraction of sp³-hybridized carbons (Fsp3) is 0.611. The average Bonchev–Trinajstić information content (AvgIpc) is 2.61. The molecule has 3 rings (SSSR count). The van der Waals surface area contributed by atoms with E-state index in [1.165, 1.54) is 19.3 Å². The molecule has 0 atom stereocenters. The summed E-state index contributed by atoms with van der Waals surface area (Å²) in [6, 6.07) is 6.11. The molecule has 0 aromatic heterocycles. The number of amides is 1. The van der Waals surface area contributed by atoms with E-state index in [4.69, 9.17) is 16.3 Å². The van der Waals surface area contributed by atoms with Crippen LogP contribution in [-0.2, 0) is 9.53 Å². The lowest BCUT2D eigenvalue weighted by Gasteiger charge is -2.31. The highest BCUT2D eigenvalue weighted by atomic mass is 35.5. The Morgan fingerprint density at radius 2 is 1.96 bits per heavy atom. The Hall–Kier alpha value is -1.46. The first-order valence-electron chi connectivity index (χ1n) is 8.88. The maximum absolute atomic E-state index is 12.2. The fourth-order valence-electron chi connectivity index (χ4n) is 3.47. The molecule has 2 fully saturated rings. The molecule has 1 heterocycles. The second kappa shape index (κ2) is 8.58. The molecule has 24 heavy (non-hydrogen) atoms.